The van der Waals surface area contributed by atoms with Crippen molar-refractivity contribution in [3.05, 3.63) is 49.1 Å². The normalized spacial score (nSPS) is 18.0. The minimum atomic E-state index is -0.301. The molecule has 1 aliphatic carbocycles. The second-order valence-corrected chi connectivity index (χ2v) is 7.86. The maximum Gasteiger partial charge on any atom is 0.272 e. The molecule has 2 aromatic heterocycles. The highest BCUT2D eigenvalue weighted by molar-refractivity contribution is 5.48. The zero-order valence-corrected chi connectivity index (χ0v) is 15.1. The van der Waals surface area contributed by atoms with Crippen molar-refractivity contribution in [1.29, 1.82) is 0 Å². The highest BCUT2D eigenvalue weighted by atomic mass is 16.1. The van der Waals surface area contributed by atoms with Gasteiger partial charge in [-0.3, -0.25) is 9.59 Å². The number of H-pyrrole nitrogens is 3. The number of aromatic amines is 3. The minimum Gasteiger partial charge on any atom is -0.348 e. The van der Waals surface area contributed by atoms with Crippen LogP contribution in [0.5, 0.6) is 0 Å². The largest absolute Gasteiger partial charge is 0.348 e. The fourth-order valence-electron chi connectivity index (χ4n) is 3.40. The van der Waals surface area contributed by atoms with Crippen LogP contribution in [-0.4, -0.2) is 19.9 Å². The quantitative estimate of drug-likeness (QED) is 0.767. The van der Waals surface area contributed by atoms with Crippen molar-refractivity contribution >= 4 is 12.2 Å². The molecule has 134 valence electrons. The van der Waals surface area contributed by atoms with Gasteiger partial charge in [0.1, 0.15) is 10.7 Å². The predicted octanol–water partition coefficient (Wildman–Crippen LogP) is 1.27. The molecule has 0 bridgehead atoms. The summed E-state index contributed by atoms with van der Waals surface area (Å²) in [5.74, 6) is 0.374. The maximum atomic E-state index is 12.4. The van der Waals surface area contributed by atoms with E-state index in [1.807, 2.05) is 6.08 Å². The van der Waals surface area contributed by atoms with Crippen LogP contribution in [0.2, 0.25) is 0 Å². The van der Waals surface area contributed by atoms with Crippen molar-refractivity contribution in [3.63, 3.8) is 0 Å². The number of aromatic nitrogens is 4. The third kappa shape index (κ3) is 4.00. The van der Waals surface area contributed by atoms with Crippen LogP contribution >= 0.6 is 0 Å². The fraction of sp³-hybridized carbons (Fsp3) is 0.526. The average molecular weight is 342 g/mol. The Morgan fingerprint density at radius 1 is 1.04 bits per heavy atom. The number of nitrogens with one attached hydrogen (secondary N) is 3. The Morgan fingerprint density at radius 3 is 2.36 bits per heavy atom. The predicted molar refractivity (Wildman–Crippen MR) is 98.8 cm³/mol. The van der Waals surface area contributed by atoms with Gasteiger partial charge in [-0.05, 0) is 24.8 Å². The number of imidazole rings is 1. The lowest BCUT2D eigenvalue weighted by Crippen LogP contribution is -2.47. The molecule has 0 amide bonds. The Balaban J connectivity index is 2.04. The average Bonchev–Trinajstić information content (AvgIpc) is 3.02. The van der Waals surface area contributed by atoms with Crippen LogP contribution in [0.1, 0.15) is 64.3 Å². The Labute approximate surface area is 146 Å². The number of hydrogen-bond donors (Lipinski definition) is 3. The first-order valence-corrected chi connectivity index (χ1v) is 8.94. The topological polar surface area (TPSA) is 94.4 Å². The Hall–Kier alpha value is -2.37. The first-order valence-electron chi connectivity index (χ1n) is 8.94. The molecule has 25 heavy (non-hydrogen) atoms. The first-order chi connectivity index (χ1) is 11.8. The number of hydrogen-bond acceptors (Lipinski definition) is 3. The van der Waals surface area contributed by atoms with E-state index < -0.39 is 0 Å². The van der Waals surface area contributed by atoms with E-state index in [2.05, 4.69) is 40.7 Å². The molecule has 3 rings (SSSR count). The van der Waals surface area contributed by atoms with Gasteiger partial charge in [-0.15, -0.1) is 0 Å². The van der Waals surface area contributed by atoms with Crippen LogP contribution in [0.3, 0.4) is 0 Å². The molecule has 2 aromatic rings. The molecule has 0 unspecified atom stereocenters. The van der Waals surface area contributed by atoms with Gasteiger partial charge in [0.25, 0.3) is 11.1 Å². The van der Waals surface area contributed by atoms with Crippen molar-refractivity contribution < 1.29 is 0 Å². The molecule has 3 N–H and O–H groups in total. The summed E-state index contributed by atoms with van der Waals surface area (Å²) in [6, 6.07) is 0. The van der Waals surface area contributed by atoms with Crippen LogP contribution in [0.15, 0.2) is 15.9 Å². The van der Waals surface area contributed by atoms with Gasteiger partial charge in [0, 0.05) is 11.1 Å². The molecule has 0 aliphatic heterocycles. The van der Waals surface area contributed by atoms with E-state index in [1.54, 1.807) is 12.4 Å². The van der Waals surface area contributed by atoms with E-state index in [9.17, 15) is 9.59 Å². The highest BCUT2D eigenvalue weighted by Gasteiger charge is 2.19. The fourth-order valence-corrected chi connectivity index (χ4v) is 3.40. The van der Waals surface area contributed by atoms with Crippen LogP contribution in [-0.2, 0) is 5.41 Å². The molecule has 1 saturated carbocycles. The molecule has 0 saturated heterocycles. The molecule has 0 atom stereocenters. The lowest BCUT2D eigenvalue weighted by molar-refractivity contribution is 0.435. The Morgan fingerprint density at radius 2 is 1.68 bits per heavy atom. The molecule has 1 fully saturated rings. The third-order valence-corrected chi connectivity index (χ3v) is 4.74. The zero-order chi connectivity index (χ0) is 18.0. The molecule has 0 aromatic carbocycles. The summed E-state index contributed by atoms with van der Waals surface area (Å²) in [4.78, 5) is 37.6. The van der Waals surface area contributed by atoms with Crippen LogP contribution in [0, 0.1) is 5.92 Å². The highest BCUT2D eigenvalue weighted by Crippen LogP contribution is 2.24. The van der Waals surface area contributed by atoms with Crippen molar-refractivity contribution in [2.75, 3.05) is 0 Å². The lowest BCUT2D eigenvalue weighted by Gasteiger charge is -2.17. The van der Waals surface area contributed by atoms with Gasteiger partial charge < -0.3 is 15.0 Å². The minimum absolute atomic E-state index is 0.135. The van der Waals surface area contributed by atoms with Gasteiger partial charge in [-0.25, -0.2) is 4.98 Å². The standard InChI is InChI=1S/C19H26N4O2/c1-19(2,3)16-13(20-11-21-16)10-15-18(25)22-14(17(24)23-15)9-12-7-5-4-6-8-12/h9-12H,4-8H2,1-3H3,(H,20,21)(H,22,25)(H,23,24). The van der Waals surface area contributed by atoms with Gasteiger partial charge >= 0.3 is 0 Å². The van der Waals surface area contributed by atoms with E-state index in [4.69, 9.17) is 0 Å². The molecule has 0 spiro atoms. The SMILES string of the molecule is CC(C)(C)c1[nH]cnc1C=c1[nH]c(=O)c(=CC2CCCCC2)[nH]c1=O. The number of nitrogens with zero attached hydrogens (tertiary/aromatic N) is 1. The summed E-state index contributed by atoms with van der Waals surface area (Å²) in [6.45, 7) is 6.19. The molecule has 6 heteroatoms. The molecule has 1 aliphatic rings. The van der Waals surface area contributed by atoms with Crippen LogP contribution < -0.4 is 21.8 Å². The van der Waals surface area contributed by atoms with Gasteiger partial charge in [0.2, 0.25) is 0 Å². The van der Waals surface area contributed by atoms with Crippen LogP contribution in [0.4, 0.5) is 0 Å². The third-order valence-electron chi connectivity index (χ3n) is 4.74. The molecule has 6 nitrogen and oxygen atoms in total. The van der Waals surface area contributed by atoms with Crippen molar-refractivity contribution in [3.8, 4) is 0 Å². The van der Waals surface area contributed by atoms with Crippen LogP contribution in [0.25, 0.3) is 12.2 Å². The van der Waals surface area contributed by atoms with E-state index in [0.717, 1.165) is 18.5 Å². The summed E-state index contributed by atoms with van der Waals surface area (Å²) in [5, 5.41) is 0.593. The summed E-state index contributed by atoms with van der Waals surface area (Å²) < 4.78 is 0. The van der Waals surface area contributed by atoms with Crippen molar-refractivity contribution in [2.45, 2.75) is 58.3 Å². The van der Waals surface area contributed by atoms with Gasteiger partial charge in [0.05, 0.1) is 12.0 Å². The summed E-state index contributed by atoms with van der Waals surface area (Å²) >= 11 is 0. The number of rotatable bonds is 2. The summed E-state index contributed by atoms with van der Waals surface area (Å²) in [6.07, 6.45) is 10.9. The van der Waals surface area contributed by atoms with Gasteiger partial charge in [0.15, 0.2) is 0 Å². The molecule has 2 heterocycles. The molecular weight excluding hydrogens is 316 g/mol. The molecule has 0 radical (unpaired) electrons. The second kappa shape index (κ2) is 6.86. The second-order valence-electron chi connectivity index (χ2n) is 7.86. The summed E-state index contributed by atoms with van der Waals surface area (Å²) in [5.41, 5.74) is 0.890. The first kappa shape index (κ1) is 17.5. The van der Waals surface area contributed by atoms with Crippen molar-refractivity contribution in [2.24, 2.45) is 5.92 Å². The van der Waals surface area contributed by atoms with Gasteiger partial charge in [-0.1, -0.05) is 46.1 Å². The maximum absolute atomic E-state index is 12.4. The van der Waals surface area contributed by atoms with Crippen molar-refractivity contribution in [1.82, 2.24) is 19.9 Å². The Kier molecular flexibility index (Phi) is 4.79. The van der Waals surface area contributed by atoms with E-state index >= 15 is 0 Å². The van der Waals surface area contributed by atoms with Gasteiger partial charge in [-0.2, -0.15) is 0 Å². The smallest absolute Gasteiger partial charge is 0.272 e. The van der Waals surface area contributed by atoms with E-state index in [0.29, 0.717) is 17.0 Å². The summed E-state index contributed by atoms with van der Waals surface area (Å²) in [7, 11) is 0. The van der Waals surface area contributed by atoms with E-state index in [1.165, 1.54) is 19.3 Å². The Bertz CT molecular complexity index is 966. The zero-order valence-electron chi connectivity index (χ0n) is 15.1. The van der Waals surface area contributed by atoms with E-state index in [-0.39, 0.29) is 21.9 Å². The lowest BCUT2D eigenvalue weighted by atomic mass is 9.89. The monoisotopic (exact) mass is 342 g/mol. The molecular formula is C19H26N4O2.